The molecule has 1 aliphatic rings. The zero-order chi connectivity index (χ0) is 36.6. The maximum atomic E-state index is 15.3. The van der Waals surface area contributed by atoms with Gasteiger partial charge in [-0.05, 0) is 81.8 Å². The van der Waals surface area contributed by atoms with Crippen LogP contribution in [-0.4, -0.2) is 68.0 Å². The van der Waals surface area contributed by atoms with Crippen LogP contribution < -0.4 is 24.8 Å². The zero-order valence-corrected chi connectivity index (χ0v) is 29.8. The third-order valence-electron chi connectivity index (χ3n) is 8.26. The van der Waals surface area contributed by atoms with Crippen LogP contribution in [0.2, 0.25) is 0 Å². The minimum atomic E-state index is -3.27. The molecule has 1 aliphatic carbocycles. The summed E-state index contributed by atoms with van der Waals surface area (Å²) in [6.07, 6.45) is 2.30. The first kappa shape index (κ1) is 37.6. The van der Waals surface area contributed by atoms with E-state index < -0.39 is 36.5 Å². The topological polar surface area (TPSA) is 138 Å². The van der Waals surface area contributed by atoms with E-state index in [1.807, 2.05) is 11.8 Å². The second-order valence-corrected chi connectivity index (χ2v) is 13.7. The van der Waals surface area contributed by atoms with Crippen molar-refractivity contribution in [2.75, 3.05) is 56.9 Å². The van der Waals surface area contributed by atoms with Crippen LogP contribution in [0.3, 0.4) is 0 Å². The summed E-state index contributed by atoms with van der Waals surface area (Å²) in [7, 11) is -1.77. The molecule has 3 aromatic carbocycles. The molecule has 0 radical (unpaired) electrons. The average Bonchev–Trinajstić information content (AvgIpc) is 3.93. The Morgan fingerprint density at radius 3 is 2.14 bits per heavy atom. The number of halogens is 2. The van der Waals surface area contributed by atoms with Crippen molar-refractivity contribution in [1.29, 1.82) is 0 Å². The molecule has 0 unspecified atom stereocenters. The lowest BCUT2D eigenvalue weighted by atomic mass is 10.0. The van der Waals surface area contributed by atoms with Gasteiger partial charge in [0.2, 0.25) is 11.8 Å². The van der Waals surface area contributed by atoms with E-state index in [9.17, 15) is 18.5 Å². The number of carbonyl (C=O) groups excluding carboxylic acids is 2. The predicted octanol–water partition coefficient (Wildman–Crippen LogP) is 7.60. The van der Waals surface area contributed by atoms with Crippen molar-refractivity contribution >= 4 is 41.7 Å². The number of ether oxygens (including phenoxy) is 3. The molecule has 12 nitrogen and oxygen atoms in total. The van der Waals surface area contributed by atoms with Gasteiger partial charge in [-0.25, -0.2) is 8.78 Å². The van der Waals surface area contributed by atoms with Crippen LogP contribution in [0.1, 0.15) is 33.6 Å². The van der Waals surface area contributed by atoms with Crippen LogP contribution in [0.25, 0.3) is 10.9 Å². The second-order valence-electron chi connectivity index (χ2n) is 11.7. The number of anilines is 2. The lowest BCUT2D eigenvalue weighted by Crippen LogP contribution is -2.35. The van der Waals surface area contributed by atoms with Crippen molar-refractivity contribution in [3.05, 3.63) is 78.5 Å². The molecule has 4 aromatic rings. The molecule has 1 heterocycles. The van der Waals surface area contributed by atoms with E-state index in [0.29, 0.717) is 59.8 Å². The first-order chi connectivity index (χ1) is 24.5. The molecule has 0 atom stereocenters. The lowest BCUT2D eigenvalue weighted by Gasteiger charge is -2.25. The maximum absolute atomic E-state index is 15.3. The van der Waals surface area contributed by atoms with Crippen LogP contribution in [0.5, 0.6) is 23.0 Å². The highest BCUT2D eigenvalue weighted by Crippen LogP contribution is 2.49. The predicted molar refractivity (Wildman–Crippen MR) is 189 cm³/mol. The van der Waals surface area contributed by atoms with Crippen molar-refractivity contribution in [1.82, 2.24) is 9.88 Å². The van der Waals surface area contributed by atoms with E-state index in [1.165, 1.54) is 49.7 Å². The van der Waals surface area contributed by atoms with E-state index in [2.05, 4.69) is 15.6 Å². The molecular weight excluding hydrogens is 685 g/mol. The highest BCUT2D eigenvalue weighted by atomic mass is 31.2. The average molecular weight is 727 g/mol. The van der Waals surface area contributed by atoms with Crippen molar-refractivity contribution in [3.8, 4) is 23.0 Å². The van der Waals surface area contributed by atoms with E-state index in [4.69, 9.17) is 23.3 Å². The quantitative estimate of drug-likeness (QED) is 0.0779. The minimum Gasteiger partial charge on any atom is -0.493 e. The summed E-state index contributed by atoms with van der Waals surface area (Å²) in [5.74, 6) is -1.27. The van der Waals surface area contributed by atoms with Crippen LogP contribution in [0.15, 0.2) is 66.9 Å². The summed E-state index contributed by atoms with van der Waals surface area (Å²) >= 11 is 0. The van der Waals surface area contributed by atoms with Gasteiger partial charge >= 0.3 is 7.60 Å². The summed E-state index contributed by atoms with van der Waals surface area (Å²) in [6, 6.07) is 14.1. The SMILES string of the molecule is CCOP(=O)(CN(CC)CCOc1cc2nccc(Oc3ccc(NC(=O)C4(C(=O)Nc5ccc(F)cc5)CC4)cc3F)c2cc1OC)OCC. The third-order valence-corrected chi connectivity index (χ3v) is 10.3. The van der Waals surface area contributed by atoms with Crippen molar-refractivity contribution in [3.63, 3.8) is 0 Å². The molecule has 0 saturated heterocycles. The molecule has 2 N–H and O–H groups in total. The van der Waals surface area contributed by atoms with Crippen molar-refractivity contribution in [2.24, 2.45) is 5.41 Å². The van der Waals surface area contributed by atoms with Gasteiger partial charge in [0.25, 0.3) is 0 Å². The number of carbonyl (C=O) groups is 2. The molecule has 0 bridgehead atoms. The number of methoxy groups -OCH3 is 1. The van der Waals surface area contributed by atoms with Gasteiger partial charge in [0.05, 0.1) is 25.8 Å². The number of rotatable bonds is 18. The summed E-state index contributed by atoms with van der Waals surface area (Å²) < 4.78 is 70.0. The molecule has 1 saturated carbocycles. The standard InChI is InChI=1S/C36H41F2N4O8P/c1-5-42(23-51(45,48-6-2)49-7-3)18-19-47-33-22-29-27(21-32(33)46-4)30(14-17-39-29)50-31-13-12-26(20-28(31)38)41-35(44)36(15-16-36)34(43)40-25-10-8-24(37)9-11-25/h8-14,17,20-22H,5-7,15-16,18-19,23H2,1-4H3,(H,40,43)(H,41,44). The monoisotopic (exact) mass is 726 g/mol. The van der Waals surface area contributed by atoms with E-state index in [1.54, 1.807) is 32.0 Å². The summed E-state index contributed by atoms with van der Waals surface area (Å²) in [5.41, 5.74) is -0.286. The molecule has 2 amide bonds. The number of nitrogens with one attached hydrogen (secondary N) is 2. The highest BCUT2D eigenvalue weighted by molar-refractivity contribution is 7.53. The van der Waals surface area contributed by atoms with Gasteiger partial charge in [-0.3, -0.25) is 24.0 Å². The third kappa shape index (κ3) is 9.19. The molecule has 1 fully saturated rings. The Bertz CT molecular complexity index is 1900. The lowest BCUT2D eigenvalue weighted by molar-refractivity contribution is -0.131. The largest absolute Gasteiger partial charge is 0.493 e. The van der Waals surface area contributed by atoms with E-state index in [-0.39, 0.29) is 37.5 Å². The van der Waals surface area contributed by atoms with E-state index in [0.717, 1.165) is 6.07 Å². The van der Waals surface area contributed by atoms with Gasteiger partial charge in [-0.15, -0.1) is 0 Å². The minimum absolute atomic E-state index is 0.106. The van der Waals surface area contributed by atoms with Gasteiger partial charge in [-0.2, -0.15) is 0 Å². The van der Waals surface area contributed by atoms with Crippen molar-refractivity contribution in [2.45, 2.75) is 33.6 Å². The Balaban J connectivity index is 1.24. The van der Waals surface area contributed by atoms with Crippen LogP contribution in [0.4, 0.5) is 20.2 Å². The van der Waals surface area contributed by atoms with Crippen LogP contribution in [-0.2, 0) is 23.2 Å². The Hall–Kier alpha value is -4.62. The molecule has 5 rings (SSSR count). The number of likely N-dealkylation sites (N-methyl/N-ethyl adjacent to an activating group) is 1. The molecule has 0 aliphatic heterocycles. The zero-order valence-electron chi connectivity index (χ0n) is 28.9. The Labute approximate surface area is 294 Å². The smallest absolute Gasteiger partial charge is 0.344 e. The Morgan fingerprint density at radius 1 is 0.863 bits per heavy atom. The summed E-state index contributed by atoms with van der Waals surface area (Å²) in [5, 5.41) is 5.80. The fourth-order valence-corrected chi connectivity index (χ4v) is 7.21. The molecule has 51 heavy (non-hydrogen) atoms. The number of benzene rings is 3. The number of pyridine rings is 1. The van der Waals surface area contributed by atoms with Gasteiger partial charge in [0.15, 0.2) is 23.1 Å². The molecular formula is C36H41F2N4O8P. The number of nitrogens with zero attached hydrogens (tertiary/aromatic N) is 2. The van der Waals surface area contributed by atoms with Crippen molar-refractivity contribution < 1.29 is 46.2 Å². The Morgan fingerprint density at radius 2 is 1.53 bits per heavy atom. The van der Waals surface area contributed by atoms with E-state index >= 15 is 4.39 Å². The first-order valence-corrected chi connectivity index (χ1v) is 18.3. The molecule has 15 heteroatoms. The highest BCUT2D eigenvalue weighted by Gasteiger charge is 2.56. The molecule has 272 valence electrons. The molecule has 1 aromatic heterocycles. The van der Waals surface area contributed by atoms with Gasteiger partial charge < -0.3 is 33.9 Å². The first-order valence-electron chi connectivity index (χ1n) is 16.6. The number of hydrogen-bond donors (Lipinski definition) is 2. The maximum Gasteiger partial charge on any atom is 0.344 e. The van der Waals surface area contributed by atoms with Gasteiger partial charge in [0, 0.05) is 41.6 Å². The fourth-order valence-electron chi connectivity index (χ4n) is 5.36. The number of fused-ring (bicyclic) bond motifs is 1. The van der Waals surface area contributed by atoms with Crippen LogP contribution >= 0.6 is 7.60 Å². The molecule has 0 spiro atoms. The van der Waals surface area contributed by atoms with Gasteiger partial charge in [-0.1, -0.05) is 6.92 Å². The van der Waals surface area contributed by atoms with Gasteiger partial charge in [0.1, 0.15) is 29.9 Å². The number of amides is 2. The number of aromatic nitrogens is 1. The Kier molecular flexibility index (Phi) is 12.2. The summed E-state index contributed by atoms with van der Waals surface area (Å²) in [4.78, 5) is 32.3. The van der Waals surface area contributed by atoms with Crippen LogP contribution in [0, 0.1) is 17.0 Å². The second kappa shape index (κ2) is 16.6. The number of hydrogen-bond acceptors (Lipinski definition) is 10. The normalized spacial score (nSPS) is 13.5. The fraction of sp³-hybridized carbons (Fsp3) is 0.361. The summed E-state index contributed by atoms with van der Waals surface area (Å²) in [6.45, 7) is 7.33.